The molecule has 0 aliphatic carbocycles. The van der Waals surface area contributed by atoms with Gasteiger partial charge in [-0.25, -0.2) is 0 Å². The van der Waals surface area contributed by atoms with E-state index in [-0.39, 0.29) is 38.6 Å². The molecule has 0 saturated heterocycles. The smallest absolute Gasteiger partial charge is 0.445 e. The van der Waals surface area contributed by atoms with E-state index in [0.29, 0.717) is 6.67 Å². The van der Waals surface area contributed by atoms with Gasteiger partial charge in [0, 0.05) is 13.6 Å². The average molecular weight is 204 g/mol. The molecule has 3 nitrogen and oxygen atoms in total. The minimum absolute atomic E-state index is 0. The van der Waals surface area contributed by atoms with E-state index in [1.54, 1.807) is 11.9 Å². The maximum Gasteiger partial charge on any atom is 3.00 e. The molecule has 0 unspecified atom stereocenters. The Kier molecular flexibility index (Phi) is 9.04. The number of amides is 1. The third-order valence-corrected chi connectivity index (χ3v) is 0.598. The third-order valence-electron chi connectivity index (χ3n) is 0.598. The normalized spacial score (nSPS) is 8.44. The van der Waals surface area contributed by atoms with E-state index >= 15 is 0 Å². The fourth-order valence-corrected chi connectivity index (χ4v) is 0.246. The molecular formula is C5H11N2OY+2. The van der Waals surface area contributed by atoms with Crippen molar-refractivity contribution in [3.05, 3.63) is 7.05 Å². The Hall–Kier alpha value is 0.534. The molecule has 1 amide bonds. The molecule has 0 aliphatic rings. The van der Waals surface area contributed by atoms with Gasteiger partial charge in [-0.15, -0.1) is 0 Å². The summed E-state index contributed by atoms with van der Waals surface area (Å²) in [5, 5.41) is 2.57. The predicted molar refractivity (Wildman–Crippen MR) is 31.8 cm³/mol. The van der Waals surface area contributed by atoms with Crippen LogP contribution in [0.1, 0.15) is 6.92 Å². The van der Waals surface area contributed by atoms with Gasteiger partial charge in [0.2, 0.25) is 5.91 Å². The summed E-state index contributed by atoms with van der Waals surface area (Å²) in [5.41, 5.74) is 0. The molecule has 0 heterocycles. The second kappa shape index (κ2) is 6.65. The van der Waals surface area contributed by atoms with E-state index in [9.17, 15) is 4.79 Å². The summed E-state index contributed by atoms with van der Waals surface area (Å²) in [5.74, 6) is -0.0273. The van der Waals surface area contributed by atoms with E-state index in [2.05, 4.69) is 12.4 Å². The Bertz CT molecular complexity index is 85.0. The van der Waals surface area contributed by atoms with Crippen LogP contribution in [0.4, 0.5) is 0 Å². The molecule has 4 heteroatoms. The Morgan fingerprint density at radius 2 is 2.22 bits per heavy atom. The van der Waals surface area contributed by atoms with Gasteiger partial charge in [-0.2, -0.15) is 0 Å². The molecule has 0 rings (SSSR count). The van der Waals surface area contributed by atoms with Crippen LogP contribution >= 0.6 is 0 Å². The Labute approximate surface area is 81.1 Å². The molecule has 0 spiro atoms. The van der Waals surface area contributed by atoms with E-state index < -0.39 is 0 Å². The monoisotopic (exact) mass is 204 g/mol. The minimum atomic E-state index is -0.0273. The largest absolute Gasteiger partial charge is 3.00 e. The summed E-state index contributed by atoms with van der Waals surface area (Å²) in [4.78, 5) is 11.8. The summed E-state index contributed by atoms with van der Waals surface area (Å²) < 4.78 is 0. The molecule has 0 aliphatic heterocycles. The topological polar surface area (TPSA) is 32.3 Å². The molecule has 48 valence electrons. The molecule has 0 radical (unpaired) electrons. The number of rotatable bonds is 2. The molecule has 0 fully saturated rings. The van der Waals surface area contributed by atoms with Crippen molar-refractivity contribution >= 4 is 5.91 Å². The zero-order valence-electron chi connectivity index (χ0n) is 5.85. The van der Waals surface area contributed by atoms with Crippen LogP contribution < -0.4 is 5.32 Å². The Morgan fingerprint density at radius 3 is 2.33 bits per heavy atom. The first-order valence-corrected chi connectivity index (χ1v) is 2.39. The molecule has 9 heavy (non-hydrogen) atoms. The van der Waals surface area contributed by atoms with Crippen LogP contribution in [-0.4, -0.2) is 24.5 Å². The zero-order chi connectivity index (χ0) is 6.57. The summed E-state index contributed by atoms with van der Waals surface area (Å²) in [6.07, 6.45) is 0. The van der Waals surface area contributed by atoms with Gasteiger partial charge in [-0.05, 0) is 7.05 Å². The number of nitrogens with one attached hydrogen (secondary N) is 1. The third kappa shape index (κ3) is 11.9. The standard InChI is InChI=1S/C5H11N2O.Y/c1-5(8)6-4-7(2)3;/h2,4H2,1,3H3,(H,6,8);/q-1;+3. The van der Waals surface area contributed by atoms with Crippen LogP contribution in [0.5, 0.6) is 0 Å². The van der Waals surface area contributed by atoms with Gasteiger partial charge in [0.15, 0.2) is 0 Å². The van der Waals surface area contributed by atoms with Crippen LogP contribution in [-0.2, 0) is 37.5 Å². The molecular weight excluding hydrogens is 193 g/mol. The van der Waals surface area contributed by atoms with Gasteiger partial charge in [-0.3, -0.25) is 11.8 Å². The van der Waals surface area contributed by atoms with Crippen LogP contribution in [0.3, 0.4) is 0 Å². The first-order chi connectivity index (χ1) is 3.63. The first kappa shape index (κ1) is 12.2. The number of carbonyl (C=O) groups is 1. The fourth-order valence-electron chi connectivity index (χ4n) is 0.246. The number of carbonyl (C=O) groups excluding carboxylic acids is 1. The molecule has 0 saturated carbocycles. The van der Waals surface area contributed by atoms with Gasteiger partial charge in [0.05, 0.1) is 0 Å². The molecule has 0 aromatic heterocycles. The van der Waals surface area contributed by atoms with E-state index in [0.717, 1.165) is 0 Å². The number of nitrogens with zero attached hydrogens (tertiary/aromatic N) is 1. The summed E-state index contributed by atoms with van der Waals surface area (Å²) in [7, 11) is 5.32. The average Bonchev–Trinajstić information content (AvgIpc) is 1.61. The quantitative estimate of drug-likeness (QED) is 0.499. The SMILES string of the molecule is [CH2-]N(C)CNC(C)=O.[Y+3]. The molecule has 0 aromatic carbocycles. The van der Waals surface area contributed by atoms with Crippen molar-refractivity contribution in [2.75, 3.05) is 13.7 Å². The Morgan fingerprint density at radius 1 is 1.78 bits per heavy atom. The van der Waals surface area contributed by atoms with Crippen molar-refractivity contribution in [2.24, 2.45) is 0 Å². The van der Waals surface area contributed by atoms with Crippen molar-refractivity contribution in [3.8, 4) is 0 Å². The fraction of sp³-hybridized carbons (Fsp3) is 0.600. The zero-order valence-corrected chi connectivity index (χ0v) is 8.69. The van der Waals surface area contributed by atoms with Crippen molar-refractivity contribution in [1.82, 2.24) is 10.2 Å². The summed E-state index contributed by atoms with van der Waals surface area (Å²) in [6.45, 7) is 1.98. The van der Waals surface area contributed by atoms with Gasteiger partial charge in [0.25, 0.3) is 0 Å². The molecule has 1 N–H and O–H groups in total. The van der Waals surface area contributed by atoms with Crippen molar-refractivity contribution in [2.45, 2.75) is 6.92 Å². The maximum absolute atomic E-state index is 10.2. The maximum atomic E-state index is 10.2. The van der Waals surface area contributed by atoms with E-state index in [4.69, 9.17) is 0 Å². The van der Waals surface area contributed by atoms with Crippen LogP contribution in [0.2, 0.25) is 0 Å². The second-order valence-corrected chi connectivity index (χ2v) is 1.75. The Balaban J connectivity index is 0. The van der Waals surface area contributed by atoms with Gasteiger partial charge in [-0.1, -0.05) is 0 Å². The van der Waals surface area contributed by atoms with Crippen molar-refractivity contribution in [1.29, 1.82) is 0 Å². The van der Waals surface area contributed by atoms with Gasteiger partial charge < -0.3 is 10.2 Å². The van der Waals surface area contributed by atoms with E-state index in [1.807, 2.05) is 0 Å². The van der Waals surface area contributed by atoms with Gasteiger partial charge in [0.1, 0.15) is 0 Å². The number of hydrogen-bond donors (Lipinski definition) is 1. The first-order valence-electron chi connectivity index (χ1n) is 2.39. The van der Waals surface area contributed by atoms with Crippen LogP contribution in [0.25, 0.3) is 0 Å². The van der Waals surface area contributed by atoms with E-state index in [1.165, 1.54) is 6.92 Å². The minimum Gasteiger partial charge on any atom is -0.445 e. The second-order valence-electron chi connectivity index (χ2n) is 1.75. The van der Waals surface area contributed by atoms with Gasteiger partial charge >= 0.3 is 32.7 Å². The molecule has 0 atom stereocenters. The summed E-state index contributed by atoms with van der Waals surface area (Å²) in [6, 6.07) is 0. The van der Waals surface area contributed by atoms with Crippen molar-refractivity contribution in [3.63, 3.8) is 0 Å². The van der Waals surface area contributed by atoms with Crippen LogP contribution in [0, 0.1) is 7.05 Å². The van der Waals surface area contributed by atoms with Crippen LogP contribution in [0.15, 0.2) is 0 Å². The molecule has 0 aromatic rings. The molecule has 0 bridgehead atoms. The predicted octanol–water partition coefficient (Wildman–Crippen LogP) is -0.199. The summed E-state index contributed by atoms with van der Waals surface area (Å²) >= 11 is 0. The number of hydrogen-bond acceptors (Lipinski definition) is 2. The van der Waals surface area contributed by atoms with Crippen molar-refractivity contribution < 1.29 is 37.5 Å².